The van der Waals surface area contributed by atoms with Crippen molar-refractivity contribution in [2.24, 2.45) is 0 Å². The lowest BCUT2D eigenvalue weighted by Crippen LogP contribution is -2.14. The number of carbonyl (C=O) groups excluding carboxylic acids is 1. The van der Waals surface area contributed by atoms with Gasteiger partial charge in [0.15, 0.2) is 5.82 Å². The van der Waals surface area contributed by atoms with E-state index in [9.17, 15) is 9.18 Å². The maximum Gasteiger partial charge on any atom is 0.295 e. The Morgan fingerprint density at radius 2 is 1.69 bits per heavy atom. The number of hydrogen-bond acceptors (Lipinski definition) is 3. The van der Waals surface area contributed by atoms with Crippen molar-refractivity contribution in [1.29, 1.82) is 0 Å². The minimum absolute atomic E-state index is 0.0353. The summed E-state index contributed by atoms with van der Waals surface area (Å²) in [7, 11) is 0. The first-order valence-electron chi connectivity index (χ1n) is 9.18. The molecule has 6 heteroatoms. The van der Waals surface area contributed by atoms with Gasteiger partial charge in [0.25, 0.3) is 5.91 Å². The fourth-order valence-electron chi connectivity index (χ4n) is 3.11. The Morgan fingerprint density at radius 1 is 0.966 bits per heavy atom. The highest BCUT2D eigenvalue weighted by atomic mass is 19.1. The van der Waals surface area contributed by atoms with Crippen molar-refractivity contribution in [2.75, 3.05) is 5.32 Å². The lowest BCUT2D eigenvalue weighted by atomic mass is 10.1. The monoisotopic (exact) mass is 386 g/mol. The fraction of sp³-hybridized carbons (Fsp3) is 0.0870. The van der Waals surface area contributed by atoms with Gasteiger partial charge in [0.2, 0.25) is 5.82 Å². The number of para-hydroxylation sites is 1. The summed E-state index contributed by atoms with van der Waals surface area (Å²) in [5, 5.41) is 7.26. The molecule has 5 nitrogen and oxygen atoms in total. The number of nitrogens with zero attached hydrogens (tertiary/aromatic N) is 3. The molecule has 0 aliphatic carbocycles. The third-order valence-corrected chi connectivity index (χ3v) is 4.52. The maximum absolute atomic E-state index is 13.4. The zero-order valence-electron chi connectivity index (χ0n) is 16.1. The van der Waals surface area contributed by atoms with E-state index in [1.165, 1.54) is 12.1 Å². The van der Waals surface area contributed by atoms with Crippen molar-refractivity contribution in [3.8, 4) is 17.1 Å². The highest BCUT2D eigenvalue weighted by molar-refractivity contribution is 6.01. The molecule has 1 aromatic heterocycles. The molecular weight excluding hydrogens is 367 g/mol. The van der Waals surface area contributed by atoms with Crippen LogP contribution < -0.4 is 5.32 Å². The Bertz CT molecular complexity index is 1170. The van der Waals surface area contributed by atoms with Crippen LogP contribution in [0.2, 0.25) is 0 Å². The first kappa shape index (κ1) is 18.6. The second-order valence-corrected chi connectivity index (χ2v) is 6.79. The fourth-order valence-corrected chi connectivity index (χ4v) is 3.11. The summed E-state index contributed by atoms with van der Waals surface area (Å²) in [6, 6.07) is 21.0. The number of aryl methyl sites for hydroxylation is 2. The molecule has 0 saturated carbocycles. The van der Waals surface area contributed by atoms with Gasteiger partial charge in [-0.3, -0.25) is 4.79 Å². The summed E-state index contributed by atoms with van der Waals surface area (Å²) < 4.78 is 15.0. The van der Waals surface area contributed by atoms with Gasteiger partial charge in [-0.15, -0.1) is 5.10 Å². The maximum atomic E-state index is 13.4. The molecule has 1 amide bonds. The van der Waals surface area contributed by atoms with Crippen LogP contribution in [0.3, 0.4) is 0 Å². The second-order valence-electron chi connectivity index (χ2n) is 6.79. The summed E-state index contributed by atoms with van der Waals surface area (Å²) in [5.41, 5.74) is 4.24. The molecule has 4 aromatic rings. The molecule has 0 saturated heterocycles. The molecule has 0 aliphatic heterocycles. The van der Waals surface area contributed by atoms with E-state index in [2.05, 4.69) is 15.4 Å². The Labute approximate surface area is 167 Å². The molecule has 0 fully saturated rings. The van der Waals surface area contributed by atoms with Crippen molar-refractivity contribution >= 4 is 11.6 Å². The molecule has 0 atom stereocenters. The molecule has 0 spiro atoms. The quantitative estimate of drug-likeness (QED) is 0.540. The molecular formula is C23H19FN4O. The van der Waals surface area contributed by atoms with Gasteiger partial charge in [0, 0.05) is 11.3 Å². The number of halogens is 1. The summed E-state index contributed by atoms with van der Waals surface area (Å²) in [6.45, 7) is 3.99. The Hall–Kier alpha value is -3.80. The van der Waals surface area contributed by atoms with Crippen LogP contribution in [0.4, 0.5) is 10.1 Å². The van der Waals surface area contributed by atoms with E-state index in [1.807, 2.05) is 50.2 Å². The molecule has 3 aromatic carbocycles. The highest BCUT2D eigenvalue weighted by Crippen LogP contribution is 2.24. The molecule has 144 valence electrons. The third-order valence-electron chi connectivity index (χ3n) is 4.52. The number of anilines is 1. The van der Waals surface area contributed by atoms with E-state index in [1.54, 1.807) is 28.9 Å². The van der Waals surface area contributed by atoms with Crippen LogP contribution in [0.1, 0.15) is 21.7 Å². The van der Waals surface area contributed by atoms with E-state index in [0.29, 0.717) is 17.1 Å². The van der Waals surface area contributed by atoms with Gasteiger partial charge in [-0.05, 0) is 61.9 Å². The first-order chi connectivity index (χ1) is 14.0. The van der Waals surface area contributed by atoms with Crippen LogP contribution in [-0.4, -0.2) is 20.7 Å². The van der Waals surface area contributed by atoms with Crippen LogP contribution in [0, 0.1) is 19.7 Å². The van der Waals surface area contributed by atoms with E-state index in [4.69, 9.17) is 0 Å². The molecule has 0 unspecified atom stereocenters. The standard InChI is InChI=1S/C23H19FN4O/c1-15-8-13-20(16(2)14-15)28-22(17-9-11-18(24)12-10-17)26-21(27-28)23(29)25-19-6-4-3-5-7-19/h3-14H,1-2H3,(H,25,29). The average Bonchev–Trinajstić information content (AvgIpc) is 3.14. The largest absolute Gasteiger partial charge is 0.319 e. The molecule has 0 aliphatic rings. The van der Waals surface area contributed by atoms with Gasteiger partial charge in [-0.2, -0.15) is 0 Å². The SMILES string of the molecule is Cc1ccc(-n2nc(C(=O)Nc3ccccc3)nc2-c2ccc(F)cc2)c(C)c1. The molecule has 4 rings (SSSR count). The Balaban J connectivity index is 1.80. The van der Waals surface area contributed by atoms with E-state index >= 15 is 0 Å². The molecule has 0 radical (unpaired) electrons. The number of rotatable bonds is 4. The third kappa shape index (κ3) is 3.91. The van der Waals surface area contributed by atoms with Crippen molar-refractivity contribution in [2.45, 2.75) is 13.8 Å². The highest BCUT2D eigenvalue weighted by Gasteiger charge is 2.20. The van der Waals surface area contributed by atoms with Crippen molar-refractivity contribution in [3.63, 3.8) is 0 Å². The normalized spacial score (nSPS) is 10.7. The van der Waals surface area contributed by atoms with E-state index < -0.39 is 5.91 Å². The van der Waals surface area contributed by atoms with Gasteiger partial charge in [0.05, 0.1) is 5.69 Å². The average molecular weight is 386 g/mol. The summed E-state index contributed by atoms with van der Waals surface area (Å²) in [5.74, 6) is -0.250. The van der Waals surface area contributed by atoms with Gasteiger partial charge in [0.1, 0.15) is 5.82 Å². The summed E-state index contributed by atoms with van der Waals surface area (Å²) >= 11 is 0. The number of benzene rings is 3. The predicted molar refractivity (Wildman–Crippen MR) is 111 cm³/mol. The number of aromatic nitrogens is 3. The van der Waals surface area contributed by atoms with Gasteiger partial charge >= 0.3 is 0 Å². The van der Waals surface area contributed by atoms with Crippen LogP contribution in [0.15, 0.2) is 72.8 Å². The van der Waals surface area contributed by atoms with Crippen LogP contribution in [-0.2, 0) is 0 Å². The smallest absolute Gasteiger partial charge is 0.295 e. The molecule has 29 heavy (non-hydrogen) atoms. The van der Waals surface area contributed by atoms with Crippen LogP contribution >= 0.6 is 0 Å². The number of hydrogen-bond donors (Lipinski definition) is 1. The predicted octanol–water partition coefficient (Wildman–Crippen LogP) is 4.94. The van der Waals surface area contributed by atoms with Gasteiger partial charge < -0.3 is 5.32 Å². The van der Waals surface area contributed by atoms with E-state index in [-0.39, 0.29) is 11.6 Å². The summed E-state index contributed by atoms with van der Waals surface area (Å²) in [6.07, 6.45) is 0. The topological polar surface area (TPSA) is 59.8 Å². The minimum Gasteiger partial charge on any atom is -0.319 e. The zero-order valence-corrected chi connectivity index (χ0v) is 16.1. The van der Waals surface area contributed by atoms with Crippen LogP contribution in [0.25, 0.3) is 17.1 Å². The van der Waals surface area contributed by atoms with Crippen LogP contribution in [0.5, 0.6) is 0 Å². The molecule has 1 N–H and O–H groups in total. The van der Waals surface area contributed by atoms with Crippen molar-refractivity contribution < 1.29 is 9.18 Å². The second kappa shape index (κ2) is 7.67. The van der Waals surface area contributed by atoms with Crippen molar-refractivity contribution in [3.05, 3.63) is 95.6 Å². The van der Waals surface area contributed by atoms with Crippen molar-refractivity contribution in [1.82, 2.24) is 14.8 Å². The Morgan fingerprint density at radius 3 is 2.38 bits per heavy atom. The Kier molecular flexibility index (Phi) is 4.91. The minimum atomic E-state index is -0.414. The molecule has 0 bridgehead atoms. The number of amides is 1. The van der Waals surface area contributed by atoms with Gasteiger partial charge in [-0.25, -0.2) is 14.1 Å². The number of nitrogens with one attached hydrogen (secondary N) is 1. The first-order valence-corrected chi connectivity index (χ1v) is 9.18. The molecule has 1 heterocycles. The zero-order chi connectivity index (χ0) is 20.4. The lowest BCUT2D eigenvalue weighted by molar-refractivity contribution is 0.101. The summed E-state index contributed by atoms with van der Waals surface area (Å²) in [4.78, 5) is 17.2. The van der Waals surface area contributed by atoms with E-state index in [0.717, 1.165) is 16.8 Å². The van der Waals surface area contributed by atoms with Gasteiger partial charge in [-0.1, -0.05) is 35.9 Å². The number of carbonyl (C=O) groups is 1. The lowest BCUT2D eigenvalue weighted by Gasteiger charge is -2.09.